The van der Waals surface area contributed by atoms with Crippen molar-refractivity contribution in [2.75, 3.05) is 64.0 Å². The number of phosphoric acid groups is 2. The molecule has 0 bridgehead atoms. The van der Waals surface area contributed by atoms with Gasteiger partial charge >= 0.3 is 27.8 Å². The minimum absolute atomic E-state index is 0.0392. The number of nitrogens with one attached hydrogen (secondary N) is 2. The number of rotatable bonds is 19. The quantitative estimate of drug-likeness (QED) is 0.0374. The molecule has 11 rings (SSSR count). The summed E-state index contributed by atoms with van der Waals surface area (Å²) in [6.45, 7) is 5.49. The van der Waals surface area contributed by atoms with Crippen molar-refractivity contribution >= 4 is 55.6 Å². The monoisotopic (exact) mass is 1130 g/mol. The highest BCUT2D eigenvalue weighted by Crippen LogP contribution is 2.61. The number of aromatic amines is 1. The third-order valence-corrected chi connectivity index (χ3v) is 18.4. The van der Waals surface area contributed by atoms with Crippen LogP contribution in [0.15, 0.2) is 120 Å². The second-order valence-corrected chi connectivity index (χ2v) is 24.3. The maximum absolute atomic E-state index is 14.1. The zero-order valence-corrected chi connectivity index (χ0v) is 46.3. The van der Waals surface area contributed by atoms with Crippen molar-refractivity contribution in [1.29, 1.82) is 0 Å². The lowest BCUT2D eigenvalue weighted by atomic mass is 9.87. The normalized spacial score (nSPS) is 20.2. The van der Waals surface area contributed by atoms with Crippen LogP contribution in [-0.4, -0.2) is 134 Å². The summed E-state index contributed by atoms with van der Waals surface area (Å²) in [5.74, 6) is 0.517. The van der Waals surface area contributed by atoms with Gasteiger partial charge in [-0.15, -0.1) is 0 Å². The summed E-state index contributed by atoms with van der Waals surface area (Å²) in [6, 6.07) is 32.2. The highest BCUT2D eigenvalue weighted by Gasteiger charge is 2.48. The molecule has 4 aliphatic rings. The van der Waals surface area contributed by atoms with Crippen molar-refractivity contribution in [1.82, 2.24) is 34.6 Å². The van der Waals surface area contributed by atoms with Crippen molar-refractivity contribution in [3.8, 4) is 22.3 Å². The van der Waals surface area contributed by atoms with Crippen LogP contribution in [0, 0.1) is 5.92 Å². The highest BCUT2D eigenvalue weighted by atomic mass is 31.3. The zero-order valence-electron chi connectivity index (χ0n) is 44.6. The lowest BCUT2D eigenvalue weighted by molar-refractivity contribution is -0.0657. The van der Waals surface area contributed by atoms with Crippen LogP contribution in [0.25, 0.3) is 44.1 Å². The molecule has 3 aromatic heterocycles. The van der Waals surface area contributed by atoms with Crippen LogP contribution in [0.1, 0.15) is 67.8 Å². The van der Waals surface area contributed by atoms with E-state index < -0.39 is 46.6 Å². The summed E-state index contributed by atoms with van der Waals surface area (Å²) in [6.07, 6.45) is 4.35. The number of amides is 2. The SMILES string of the molecule is C[C@@H]1CN(CC2CCN(c3nc(C(COP(=O)(O)OP(=O)(O)OCCNC(=O)OCC4c5ccccc5-c5ccccc54)(OC4CC4)c4ccccc4)c4cc(-c5cn(C)c(=O)c6[nH]ccc56)ccc4n3)CC2)[C@@H](C)CN1C(=O)O. The molecule has 80 heavy (non-hydrogen) atoms. The van der Waals surface area contributed by atoms with Gasteiger partial charge in [0, 0.05) is 93.0 Å². The van der Waals surface area contributed by atoms with Crippen molar-refractivity contribution in [3.63, 3.8) is 0 Å². The predicted molar refractivity (Wildman–Crippen MR) is 299 cm³/mol. The van der Waals surface area contributed by atoms with Gasteiger partial charge in [0.05, 0.1) is 30.5 Å². The Labute approximate surface area is 461 Å². The molecule has 2 amide bonds. The highest BCUT2D eigenvalue weighted by molar-refractivity contribution is 7.61. The number of aromatic nitrogens is 4. The van der Waals surface area contributed by atoms with Crippen LogP contribution < -0.4 is 15.8 Å². The van der Waals surface area contributed by atoms with Crippen LogP contribution in [0.4, 0.5) is 15.5 Å². The van der Waals surface area contributed by atoms with E-state index in [-0.39, 0.29) is 48.5 Å². The fraction of sp³-hybridized carbons (Fsp3) is 0.386. The number of piperazine rings is 1. The Morgan fingerprint density at radius 1 is 0.812 bits per heavy atom. The fourth-order valence-corrected chi connectivity index (χ4v) is 13.6. The molecule has 23 heteroatoms. The summed E-state index contributed by atoms with van der Waals surface area (Å²) in [5, 5.41) is 13.4. The van der Waals surface area contributed by atoms with Gasteiger partial charge < -0.3 is 49.0 Å². The number of anilines is 1. The first-order chi connectivity index (χ1) is 38.5. The summed E-state index contributed by atoms with van der Waals surface area (Å²) in [4.78, 5) is 79.7. The first-order valence-electron chi connectivity index (χ1n) is 26.9. The molecule has 3 unspecified atom stereocenters. The molecular weight excluding hydrogens is 1070 g/mol. The average Bonchev–Trinajstić information content (AvgIpc) is 3.58. The summed E-state index contributed by atoms with van der Waals surface area (Å²) < 4.78 is 57.3. The smallest absolute Gasteiger partial charge is 0.465 e. The number of nitrogens with zero attached hydrogens (tertiary/aromatic N) is 6. The largest absolute Gasteiger partial charge is 0.481 e. The Kier molecular flexibility index (Phi) is 15.6. The summed E-state index contributed by atoms with van der Waals surface area (Å²) in [7, 11) is -9.16. The second kappa shape index (κ2) is 22.6. The maximum atomic E-state index is 14.1. The van der Waals surface area contributed by atoms with Crippen molar-refractivity contribution < 1.29 is 56.4 Å². The third kappa shape index (κ3) is 11.6. The van der Waals surface area contributed by atoms with E-state index in [1.54, 1.807) is 43.7 Å². The second-order valence-electron chi connectivity index (χ2n) is 21.2. The number of benzene rings is 4. The van der Waals surface area contributed by atoms with E-state index in [1.807, 2.05) is 85.8 Å². The topological polar surface area (TPSA) is 260 Å². The standard InChI is InChI=1S/C57H64N8O13P2/c1-36-31-65(56(68)69)37(2)30-64(36)32-38-22-26-63(27-23-38)54-60-50-20-17-39(48-33-62(3)53(66)51-46(48)21-24-58-51)29-47(50)52(61-54)57(77-41-18-19-41,40-11-5-4-6-12-40)35-76-80(72,73)78-79(70,71)75-28-25-59-55(67)74-34-49-44-15-9-7-13-42(44)43-14-8-10-16-45(43)49/h4-17,20-21,24,29,33,36-38,41,49,58H,18-19,22-23,25-28,30-32,34-35H2,1-3H3,(H,59,67)(H,68,69)(H,70,71)(H,72,73)/t36-,37+,57?/m0/s1. The van der Waals surface area contributed by atoms with Crippen molar-refractivity contribution in [3.05, 3.63) is 148 Å². The molecule has 0 spiro atoms. The van der Waals surface area contributed by atoms with Crippen molar-refractivity contribution in [2.24, 2.45) is 13.0 Å². The van der Waals surface area contributed by atoms with Crippen LogP contribution in [0.2, 0.25) is 0 Å². The lowest BCUT2D eigenvalue weighted by Gasteiger charge is -2.45. The number of alkyl carbamates (subject to hydrolysis) is 1. The minimum atomic E-state index is -5.50. The predicted octanol–water partition coefficient (Wildman–Crippen LogP) is 8.98. The van der Waals surface area contributed by atoms with Gasteiger partial charge in [-0.3, -0.25) is 18.7 Å². The number of carboxylic acid groups (broad SMARTS) is 1. The number of fused-ring (bicyclic) bond motifs is 5. The average molecular weight is 1130 g/mol. The van der Waals surface area contributed by atoms with E-state index in [1.165, 1.54) is 9.47 Å². The van der Waals surface area contributed by atoms with Crippen LogP contribution in [0.5, 0.6) is 0 Å². The van der Waals surface area contributed by atoms with E-state index in [0.717, 1.165) is 47.2 Å². The fourth-order valence-electron chi connectivity index (χ4n) is 11.5. The Morgan fingerprint density at radius 3 is 2.20 bits per heavy atom. The van der Waals surface area contributed by atoms with Gasteiger partial charge in [-0.2, -0.15) is 4.31 Å². The van der Waals surface area contributed by atoms with E-state index >= 15 is 0 Å². The number of ether oxygens (including phenoxy) is 2. The molecule has 4 aromatic carbocycles. The molecule has 2 aliphatic heterocycles. The number of phosphoric ester groups is 2. The van der Waals surface area contributed by atoms with Crippen LogP contribution >= 0.6 is 15.6 Å². The van der Waals surface area contributed by atoms with Gasteiger partial charge in [0.2, 0.25) is 5.95 Å². The molecule has 5 N–H and O–H groups in total. The molecule has 2 aliphatic carbocycles. The number of carbonyl (C=O) groups excluding carboxylic acids is 1. The number of aryl methyl sites for hydroxylation is 1. The molecule has 3 fully saturated rings. The number of carbonyl (C=O) groups is 2. The Balaban J connectivity index is 0.847. The maximum Gasteiger partial charge on any atom is 0.481 e. The Hall–Kier alpha value is -6.77. The number of piperidine rings is 1. The lowest BCUT2D eigenvalue weighted by Crippen LogP contribution is -2.58. The molecule has 5 heterocycles. The van der Waals surface area contributed by atoms with E-state index in [0.29, 0.717) is 83.8 Å². The van der Waals surface area contributed by atoms with Gasteiger partial charge in [0.1, 0.15) is 12.1 Å². The molecule has 1 saturated carbocycles. The number of H-pyrrole nitrogens is 1. The van der Waals surface area contributed by atoms with E-state index in [9.17, 15) is 38.4 Å². The first kappa shape index (κ1) is 55.2. The molecular formula is C57H64N8O13P2. The molecule has 5 atom stereocenters. The van der Waals surface area contributed by atoms with Crippen LogP contribution in [0.3, 0.4) is 0 Å². The molecule has 420 valence electrons. The summed E-state index contributed by atoms with van der Waals surface area (Å²) in [5.41, 5.74) is 5.38. The van der Waals surface area contributed by atoms with Crippen molar-refractivity contribution in [2.45, 2.75) is 69.2 Å². The molecule has 21 nitrogen and oxygen atoms in total. The first-order valence-corrected chi connectivity index (χ1v) is 29.9. The van der Waals surface area contributed by atoms with Gasteiger partial charge in [0.15, 0.2) is 5.60 Å². The van der Waals surface area contributed by atoms with Gasteiger partial charge in [-0.05, 0) is 97.0 Å². The van der Waals surface area contributed by atoms with Gasteiger partial charge in [-0.1, -0.05) is 84.9 Å². The molecule has 2 saturated heterocycles. The van der Waals surface area contributed by atoms with Gasteiger partial charge in [0.25, 0.3) is 5.56 Å². The number of hydrogen-bond donors (Lipinski definition) is 5. The molecule has 7 aromatic rings. The minimum Gasteiger partial charge on any atom is -0.465 e. The molecule has 0 radical (unpaired) electrons. The van der Waals surface area contributed by atoms with Crippen LogP contribution in [-0.2, 0) is 44.6 Å². The van der Waals surface area contributed by atoms with E-state index in [4.69, 9.17) is 32.8 Å². The summed E-state index contributed by atoms with van der Waals surface area (Å²) >= 11 is 0. The zero-order chi connectivity index (χ0) is 55.9. The van der Waals surface area contributed by atoms with Gasteiger partial charge in [-0.25, -0.2) is 28.7 Å². The van der Waals surface area contributed by atoms with E-state index in [2.05, 4.69) is 27.0 Å². The Bertz CT molecular complexity index is 3560. The third-order valence-electron chi connectivity index (χ3n) is 15.8. The number of pyridine rings is 1. The number of hydrogen-bond acceptors (Lipinski definition) is 14. The Morgan fingerprint density at radius 2 is 1.50 bits per heavy atom.